The summed E-state index contributed by atoms with van der Waals surface area (Å²) in [4.78, 5) is 4.06. The average molecular weight is 321 g/mol. The number of nitrogens with two attached hydrogens (primary N) is 1. The lowest BCUT2D eigenvalue weighted by molar-refractivity contribution is 0.363. The van der Waals surface area contributed by atoms with Gasteiger partial charge in [0.2, 0.25) is 0 Å². The van der Waals surface area contributed by atoms with Crippen molar-refractivity contribution in [3.63, 3.8) is 0 Å². The molecule has 1 aliphatic heterocycles. The number of hydrogen-bond donors (Lipinski definition) is 1. The monoisotopic (exact) mass is 320 g/mol. The number of rotatable bonds is 1. The van der Waals surface area contributed by atoms with Crippen LogP contribution in [0, 0.1) is 5.82 Å². The summed E-state index contributed by atoms with van der Waals surface area (Å²) >= 11 is 3.28. The van der Waals surface area contributed by atoms with E-state index < -0.39 is 5.82 Å². The molecule has 0 aliphatic carbocycles. The molecule has 2 aromatic rings. The maximum Gasteiger partial charge on any atom is 0.148 e. The van der Waals surface area contributed by atoms with E-state index in [4.69, 9.17) is 10.5 Å². The first-order valence-electron chi connectivity index (χ1n) is 5.68. The van der Waals surface area contributed by atoms with Crippen LogP contribution in [-0.2, 0) is 0 Å². The van der Waals surface area contributed by atoms with E-state index in [9.17, 15) is 4.39 Å². The van der Waals surface area contributed by atoms with Crippen LogP contribution in [0.2, 0.25) is 0 Å². The van der Waals surface area contributed by atoms with Crippen molar-refractivity contribution in [1.29, 1.82) is 0 Å². The highest BCUT2D eigenvalue weighted by atomic mass is 79.9. The fourth-order valence-electron chi connectivity index (χ4n) is 2.01. The molecule has 3 rings (SSSR count). The summed E-state index contributed by atoms with van der Waals surface area (Å²) in [5.74, 6) is 0.115. The largest absolute Gasteiger partial charge is 0.487 e. The summed E-state index contributed by atoms with van der Waals surface area (Å²) < 4.78 is 19.9. The normalized spacial score (nSPS) is 13.5. The molecule has 2 heterocycles. The molecule has 19 heavy (non-hydrogen) atoms. The SMILES string of the molecule is Nc1c(F)cc(Br)c2c1C=C(c1cccnc1)CO2. The lowest BCUT2D eigenvalue weighted by Crippen LogP contribution is -2.10. The standard InChI is InChI=1S/C14H10BrFN2O/c15-11-5-12(16)13(17)10-4-9(7-19-14(10)11)8-2-1-3-18-6-8/h1-6H,7,17H2. The fourth-order valence-corrected chi connectivity index (χ4v) is 2.54. The van der Waals surface area contributed by atoms with Gasteiger partial charge in [0.15, 0.2) is 0 Å². The van der Waals surface area contributed by atoms with Crippen molar-refractivity contribution >= 4 is 33.3 Å². The maximum absolute atomic E-state index is 13.6. The van der Waals surface area contributed by atoms with Gasteiger partial charge < -0.3 is 10.5 Å². The maximum atomic E-state index is 13.6. The number of pyridine rings is 1. The zero-order valence-corrected chi connectivity index (χ0v) is 11.4. The van der Waals surface area contributed by atoms with E-state index in [0.29, 0.717) is 22.4 Å². The Hall–Kier alpha value is -1.88. The van der Waals surface area contributed by atoms with Gasteiger partial charge in [0.05, 0.1) is 10.2 Å². The van der Waals surface area contributed by atoms with Crippen LogP contribution in [0.3, 0.4) is 0 Å². The number of nitrogens with zero attached hydrogens (tertiary/aromatic N) is 1. The van der Waals surface area contributed by atoms with E-state index in [2.05, 4.69) is 20.9 Å². The minimum absolute atomic E-state index is 0.0966. The summed E-state index contributed by atoms with van der Waals surface area (Å²) in [7, 11) is 0. The summed E-state index contributed by atoms with van der Waals surface area (Å²) in [6.07, 6.45) is 5.29. The molecule has 0 amide bonds. The molecule has 2 N–H and O–H groups in total. The quantitative estimate of drug-likeness (QED) is 0.818. The van der Waals surface area contributed by atoms with E-state index in [1.165, 1.54) is 6.07 Å². The molecule has 0 unspecified atom stereocenters. The van der Waals surface area contributed by atoms with Crippen molar-refractivity contribution in [3.05, 3.63) is 52.0 Å². The number of hydrogen-bond acceptors (Lipinski definition) is 3. The van der Waals surface area contributed by atoms with Crippen LogP contribution in [0.1, 0.15) is 11.1 Å². The topological polar surface area (TPSA) is 48.1 Å². The van der Waals surface area contributed by atoms with Gasteiger partial charge >= 0.3 is 0 Å². The van der Waals surface area contributed by atoms with E-state index >= 15 is 0 Å². The smallest absolute Gasteiger partial charge is 0.148 e. The molecule has 0 saturated carbocycles. The highest BCUT2D eigenvalue weighted by Crippen LogP contribution is 2.40. The average Bonchev–Trinajstić information content (AvgIpc) is 2.45. The molecule has 0 bridgehead atoms. The molecule has 3 nitrogen and oxygen atoms in total. The molecular formula is C14H10BrFN2O. The van der Waals surface area contributed by atoms with Gasteiger partial charge in [-0.1, -0.05) is 6.07 Å². The van der Waals surface area contributed by atoms with Gasteiger partial charge in [0.1, 0.15) is 18.2 Å². The Morgan fingerprint density at radius 1 is 1.42 bits per heavy atom. The number of halogens is 2. The molecular weight excluding hydrogens is 311 g/mol. The van der Waals surface area contributed by atoms with Crippen LogP contribution >= 0.6 is 15.9 Å². The Bertz CT molecular complexity index is 671. The van der Waals surface area contributed by atoms with Gasteiger partial charge in [0, 0.05) is 18.0 Å². The molecule has 0 spiro atoms. The zero-order chi connectivity index (χ0) is 13.4. The van der Waals surface area contributed by atoms with Crippen LogP contribution in [0.4, 0.5) is 10.1 Å². The predicted octanol–water partition coefficient (Wildman–Crippen LogP) is 3.50. The first kappa shape index (κ1) is 12.2. The summed E-state index contributed by atoms with van der Waals surface area (Å²) in [6.45, 7) is 0.405. The number of benzene rings is 1. The highest BCUT2D eigenvalue weighted by Gasteiger charge is 2.20. The van der Waals surface area contributed by atoms with Crippen molar-refractivity contribution in [1.82, 2.24) is 4.98 Å². The summed E-state index contributed by atoms with van der Waals surface area (Å²) in [5.41, 5.74) is 8.30. The molecule has 1 aliphatic rings. The Morgan fingerprint density at radius 3 is 3.00 bits per heavy atom. The Balaban J connectivity index is 2.15. The summed E-state index contributed by atoms with van der Waals surface area (Å²) in [6, 6.07) is 5.09. The van der Waals surface area contributed by atoms with E-state index in [1.54, 1.807) is 12.4 Å². The number of ether oxygens (including phenoxy) is 1. The van der Waals surface area contributed by atoms with Crippen LogP contribution in [0.15, 0.2) is 35.1 Å². The molecule has 0 fully saturated rings. The van der Waals surface area contributed by atoms with Gasteiger partial charge in [0.25, 0.3) is 0 Å². The first-order chi connectivity index (χ1) is 9.16. The second kappa shape index (κ2) is 4.66. The first-order valence-corrected chi connectivity index (χ1v) is 6.47. The van der Waals surface area contributed by atoms with Crippen molar-refractivity contribution < 1.29 is 9.13 Å². The van der Waals surface area contributed by atoms with Gasteiger partial charge in [-0.2, -0.15) is 0 Å². The zero-order valence-electron chi connectivity index (χ0n) is 9.86. The lowest BCUT2D eigenvalue weighted by atomic mass is 10.0. The lowest BCUT2D eigenvalue weighted by Gasteiger charge is -2.21. The third-order valence-electron chi connectivity index (χ3n) is 2.99. The van der Waals surface area contributed by atoms with E-state index in [-0.39, 0.29) is 5.69 Å². The number of anilines is 1. The van der Waals surface area contributed by atoms with Crippen LogP contribution in [0.5, 0.6) is 5.75 Å². The predicted molar refractivity (Wildman–Crippen MR) is 76.1 cm³/mol. The van der Waals surface area contributed by atoms with Gasteiger partial charge in [-0.05, 0) is 45.3 Å². The molecule has 5 heteroatoms. The van der Waals surface area contributed by atoms with E-state index in [1.807, 2.05) is 18.2 Å². The Labute approximate surface area is 118 Å². The second-order valence-electron chi connectivity index (χ2n) is 4.20. The highest BCUT2D eigenvalue weighted by molar-refractivity contribution is 9.10. The van der Waals surface area contributed by atoms with Crippen molar-refractivity contribution in [3.8, 4) is 5.75 Å². The molecule has 1 aromatic heterocycles. The van der Waals surface area contributed by atoms with Gasteiger partial charge in [-0.25, -0.2) is 4.39 Å². The number of aromatic nitrogens is 1. The minimum atomic E-state index is -0.460. The van der Waals surface area contributed by atoms with Crippen LogP contribution < -0.4 is 10.5 Å². The molecule has 96 valence electrons. The van der Waals surface area contributed by atoms with Crippen LogP contribution in [0.25, 0.3) is 11.6 Å². The fraction of sp³-hybridized carbons (Fsp3) is 0.0714. The van der Waals surface area contributed by atoms with Crippen molar-refractivity contribution in [2.45, 2.75) is 0 Å². The third-order valence-corrected chi connectivity index (χ3v) is 3.57. The van der Waals surface area contributed by atoms with Gasteiger partial charge in [-0.3, -0.25) is 4.98 Å². The molecule has 0 radical (unpaired) electrons. The van der Waals surface area contributed by atoms with Gasteiger partial charge in [-0.15, -0.1) is 0 Å². The molecule has 1 aromatic carbocycles. The van der Waals surface area contributed by atoms with Crippen molar-refractivity contribution in [2.24, 2.45) is 0 Å². The number of fused-ring (bicyclic) bond motifs is 1. The molecule has 0 saturated heterocycles. The Kier molecular flexibility index (Phi) is 2.98. The van der Waals surface area contributed by atoms with E-state index in [0.717, 1.165) is 11.1 Å². The van der Waals surface area contributed by atoms with Crippen LogP contribution in [-0.4, -0.2) is 11.6 Å². The Morgan fingerprint density at radius 2 is 2.26 bits per heavy atom. The second-order valence-corrected chi connectivity index (χ2v) is 5.05. The third kappa shape index (κ3) is 2.10. The van der Waals surface area contributed by atoms with Crippen molar-refractivity contribution in [2.75, 3.05) is 12.3 Å². The molecule has 0 atom stereocenters. The summed E-state index contributed by atoms with van der Waals surface area (Å²) in [5, 5.41) is 0. The number of nitrogen functional groups attached to an aromatic ring is 1. The minimum Gasteiger partial charge on any atom is -0.487 e.